The minimum absolute atomic E-state index is 0.623. The van der Waals surface area contributed by atoms with E-state index in [0.717, 1.165) is 20.7 Å². The van der Waals surface area contributed by atoms with Crippen LogP contribution in [0.25, 0.3) is 0 Å². The number of pyridine rings is 1. The first kappa shape index (κ1) is 14.2. The Kier molecular flexibility index (Phi) is 5.05. The lowest BCUT2D eigenvalue weighted by atomic mass is 10.2. The minimum atomic E-state index is 0.623. The molecule has 1 aromatic heterocycles. The molecule has 5 heteroatoms. The second-order valence-electron chi connectivity index (χ2n) is 3.91. The molecule has 0 saturated carbocycles. The van der Waals surface area contributed by atoms with Gasteiger partial charge < -0.3 is 10.1 Å². The summed E-state index contributed by atoms with van der Waals surface area (Å²) in [6.07, 6.45) is 1.76. The molecule has 0 atom stereocenters. The second kappa shape index (κ2) is 6.78. The normalized spacial score (nSPS) is 10.3. The molecule has 1 aromatic carbocycles. The van der Waals surface area contributed by atoms with Crippen molar-refractivity contribution in [1.29, 1.82) is 0 Å². The van der Waals surface area contributed by atoms with Gasteiger partial charge in [0.05, 0.1) is 18.5 Å². The van der Waals surface area contributed by atoms with Crippen LogP contribution in [0.1, 0.15) is 12.5 Å². The van der Waals surface area contributed by atoms with E-state index in [1.807, 2.05) is 37.3 Å². The van der Waals surface area contributed by atoms with Crippen LogP contribution in [-0.2, 0) is 6.54 Å². The van der Waals surface area contributed by atoms with Crippen molar-refractivity contribution in [1.82, 2.24) is 4.98 Å². The summed E-state index contributed by atoms with van der Waals surface area (Å²) in [6.45, 7) is 3.26. The number of nitrogens with zero attached hydrogens (tertiary/aromatic N) is 1. The van der Waals surface area contributed by atoms with Gasteiger partial charge in [0, 0.05) is 22.1 Å². The zero-order valence-electron chi connectivity index (χ0n) is 10.5. The summed E-state index contributed by atoms with van der Waals surface area (Å²) in [4.78, 5) is 4.20. The van der Waals surface area contributed by atoms with Crippen molar-refractivity contribution in [3.8, 4) is 5.88 Å². The van der Waals surface area contributed by atoms with E-state index in [2.05, 4.69) is 26.2 Å². The van der Waals surface area contributed by atoms with Crippen molar-refractivity contribution < 1.29 is 4.74 Å². The van der Waals surface area contributed by atoms with Gasteiger partial charge in [0.15, 0.2) is 0 Å². The van der Waals surface area contributed by atoms with E-state index in [1.165, 1.54) is 0 Å². The van der Waals surface area contributed by atoms with Crippen LogP contribution in [0.5, 0.6) is 5.88 Å². The van der Waals surface area contributed by atoms with Crippen LogP contribution in [0, 0.1) is 0 Å². The first-order valence-electron chi connectivity index (χ1n) is 5.95. The van der Waals surface area contributed by atoms with E-state index < -0.39 is 0 Å². The van der Waals surface area contributed by atoms with Gasteiger partial charge in [-0.25, -0.2) is 4.98 Å². The van der Waals surface area contributed by atoms with Crippen LogP contribution in [0.3, 0.4) is 0 Å². The average molecular weight is 342 g/mol. The van der Waals surface area contributed by atoms with E-state index >= 15 is 0 Å². The summed E-state index contributed by atoms with van der Waals surface area (Å²) in [6, 6.07) is 9.54. The maximum absolute atomic E-state index is 5.91. The first-order valence-corrected chi connectivity index (χ1v) is 7.13. The van der Waals surface area contributed by atoms with E-state index in [4.69, 9.17) is 16.3 Å². The molecule has 0 aliphatic rings. The number of rotatable bonds is 5. The Labute approximate surface area is 126 Å². The highest BCUT2D eigenvalue weighted by Crippen LogP contribution is 2.22. The highest BCUT2D eigenvalue weighted by molar-refractivity contribution is 9.10. The van der Waals surface area contributed by atoms with Crippen LogP contribution >= 0.6 is 27.5 Å². The maximum Gasteiger partial charge on any atom is 0.213 e. The molecule has 0 aliphatic heterocycles. The molecular weight excluding hydrogens is 328 g/mol. The lowest BCUT2D eigenvalue weighted by molar-refractivity contribution is 0.327. The molecule has 19 heavy (non-hydrogen) atoms. The van der Waals surface area contributed by atoms with Crippen LogP contribution in [0.4, 0.5) is 5.69 Å². The van der Waals surface area contributed by atoms with Gasteiger partial charge in [-0.2, -0.15) is 0 Å². The van der Waals surface area contributed by atoms with Crippen LogP contribution in [0.2, 0.25) is 5.02 Å². The van der Waals surface area contributed by atoms with Crippen molar-refractivity contribution in [2.75, 3.05) is 11.9 Å². The quantitative estimate of drug-likeness (QED) is 0.869. The van der Waals surface area contributed by atoms with Gasteiger partial charge in [-0.3, -0.25) is 0 Å². The number of aromatic nitrogens is 1. The molecule has 0 saturated heterocycles. The standard InChI is InChI=1S/C14H14BrClN2O/c1-2-19-14-6-5-12(9-18-14)17-8-10-3-4-11(16)7-13(10)15/h3-7,9,17H,2,8H2,1H3. The topological polar surface area (TPSA) is 34.1 Å². The number of ether oxygens (including phenoxy) is 1. The molecular formula is C14H14BrClN2O. The van der Waals surface area contributed by atoms with Crippen LogP contribution in [-0.4, -0.2) is 11.6 Å². The number of hydrogen-bond acceptors (Lipinski definition) is 3. The summed E-state index contributed by atoms with van der Waals surface area (Å²) in [5.74, 6) is 0.640. The van der Waals surface area contributed by atoms with Gasteiger partial charge in [0.25, 0.3) is 0 Å². The SMILES string of the molecule is CCOc1ccc(NCc2ccc(Cl)cc2Br)cn1. The fourth-order valence-electron chi connectivity index (χ4n) is 1.58. The van der Waals surface area contributed by atoms with Gasteiger partial charge in [0.1, 0.15) is 0 Å². The Balaban J connectivity index is 1.98. The molecule has 2 rings (SSSR count). The molecule has 0 unspecified atom stereocenters. The highest BCUT2D eigenvalue weighted by Gasteiger charge is 2.01. The fraction of sp³-hybridized carbons (Fsp3) is 0.214. The van der Waals surface area contributed by atoms with Gasteiger partial charge in [-0.1, -0.05) is 33.6 Å². The molecule has 1 N–H and O–H groups in total. The Morgan fingerprint density at radius 1 is 1.32 bits per heavy atom. The Hall–Kier alpha value is -1.26. The van der Waals surface area contributed by atoms with Crippen molar-refractivity contribution >= 4 is 33.2 Å². The monoisotopic (exact) mass is 340 g/mol. The molecule has 0 spiro atoms. The summed E-state index contributed by atoms with van der Waals surface area (Å²) in [7, 11) is 0. The second-order valence-corrected chi connectivity index (χ2v) is 5.20. The summed E-state index contributed by atoms with van der Waals surface area (Å²) in [5.41, 5.74) is 2.09. The number of hydrogen-bond donors (Lipinski definition) is 1. The maximum atomic E-state index is 5.91. The minimum Gasteiger partial charge on any atom is -0.478 e. The first-order chi connectivity index (χ1) is 9.19. The van der Waals surface area contributed by atoms with Crippen molar-refractivity contribution in [3.63, 3.8) is 0 Å². The lowest BCUT2D eigenvalue weighted by Gasteiger charge is -2.09. The molecule has 3 nitrogen and oxygen atoms in total. The number of anilines is 1. The molecule has 0 fully saturated rings. The van der Waals surface area contributed by atoms with Gasteiger partial charge in [-0.15, -0.1) is 0 Å². The van der Waals surface area contributed by atoms with Gasteiger partial charge in [0.2, 0.25) is 5.88 Å². The zero-order valence-corrected chi connectivity index (χ0v) is 12.8. The van der Waals surface area contributed by atoms with Crippen molar-refractivity contribution in [2.45, 2.75) is 13.5 Å². The molecule has 100 valence electrons. The van der Waals surface area contributed by atoms with Gasteiger partial charge >= 0.3 is 0 Å². The van der Waals surface area contributed by atoms with Crippen LogP contribution in [0.15, 0.2) is 41.0 Å². The molecule has 0 amide bonds. The lowest BCUT2D eigenvalue weighted by Crippen LogP contribution is -2.01. The predicted molar refractivity (Wildman–Crippen MR) is 81.9 cm³/mol. The van der Waals surface area contributed by atoms with E-state index in [1.54, 1.807) is 6.20 Å². The third-order valence-electron chi connectivity index (χ3n) is 2.53. The fourth-order valence-corrected chi connectivity index (χ4v) is 2.40. The predicted octanol–water partition coefficient (Wildman–Crippen LogP) is 4.51. The molecule has 1 heterocycles. The molecule has 0 radical (unpaired) electrons. The third-order valence-corrected chi connectivity index (χ3v) is 3.50. The zero-order chi connectivity index (χ0) is 13.7. The smallest absolute Gasteiger partial charge is 0.213 e. The largest absolute Gasteiger partial charge is 0.478 e. The van der Waals surface area contributed by atoms with E-state index in [9.17, 15) is 0 Å². The van der Waals surface area contributed by atoms with E-state index in [-0.39, 0.29) is 0 Å². The summed E-state index contributed by atoms with van der Waals surface area (Å²) in [5, 5.41) is 4.02. The molecule has 2 aromatic rings. The highest BCUT2D eigenvalue weighted by atomic mass is 79.9. The summed E-state index contributed by atoms with van der Waals surface area (Å²) >= 11 is 9.40. The molecule has 0 aliphatic carbocycles. The van der Waals surface area contributed by atoms with Crippen molar-refractivity contribution in [3.05, 3.63) is 51.6 Å². The number of benzene rings is 1. The number of halogens is 2. The Morgan fingerprint density at radius 2 is 2.16 bits per heavy atom. The average Bonchev–Trinajstić information content (AvgIpc) is 2.40. The number of nitrogens with one attached hydrogen (secondary N) is 1. The summed E-state index contributed by atoms with van der Waals surface area (Å²) < 4.78 is 6.29. The Bertz CT molecular complexity index is 546. The van der Waals surface area contributed by atoms with Crippen LogP contribution < -0.4 is 10.1 Å². The van der Waals surface area contributed by atoms with Gasteiger partial charge in [-0.05, 0) is 30.7 Å². The van der Waals surface area contributed by atoms with Crippen molar-refractivity contribution in [2.24, 2.45) is 0 Å². The third kappa shape index (κ3) is 4.11. The molecule has 0 bridgehead atoms. The Morgan fingerprint density at radius 3 is 2.79 bits per heavy atom. The van der Waals surface area contributed by atoms with E-state index in [0.29, 0.717) is 19.0 Å².